The van der Waals surface area contributed by atoms with E-state index >= 15 is 0 Å². The fraction of sp³-hybridized carbons (Fsp3) is 0.909. The zero-order chi connectivity index (χ0) is 13.3. The van der Waals surface area contributed by atoms with Crippen molar-refractivity contribution in [1.82, 2.24) is 4.90 Å². The molecule has 0 radical (unpaired) electrons. The van der Waals surface area contributed by atoms with Gasteiger partial charge in [0.25, 0.3) is 0 Å². The van der Waals surface area contributed by atoms with Crippen molar-refractivity contribution in [1.29, 1.82) is 0 Å². The fourth-order valence-electron chi connectivity index (χ4n) is 2.75. The van der Waals surface area contributed by atoms with Gasteiger partial charge in [-0.25, -0.2) is 8.42 Å². The largest absolute Gasteiger partial charge is 0.480 e. The Morgan fingerprint density at radius 3 is 2.50 bits per heavy atom. The molecule has 1 heterocycles. The van der Waals surface area contributed by atoms with Crippen molar-refractivity contribution in [3.63, 3.8) is 0 Å². The highest BCUT2D eigenvalue weighted by Gasteiger charge is 2.41. The smallest absolute Gasteiger partial charge is 0.317 e. The Labute approximate surface area is 107 Å². The molecule has 0 bridgehead atoms. The Bertz CT molecular complexity index is 415. The molecule has 2 fully saturated rings. The highest BCUT2D eigenvalue weighted by atomic mass is 32.2. The van der Waals surface area contributed by atoms with Crippen LogP contribution in [-0.2, 0) is 19.4 Å². The highest BCUT2D eigenvalue weighted by molar-refractivity contribution is 7.91. The summed E-state index contributed by atoms with van der Waals surface area (Å²) < 4.78 is 28.1. The van der Waals surface area contributed by atoms with Gasteiger partial charge in [-0.3, -0.25) is 9.69 Å². The average molecular weight is 277 g/mol. The van der Waals surface area contributed by atoms with Crippen LogP contribution >= 0.6 is 0 Å². The molecular weight excluding hydrogens is 258 g/mol. The minimum atomic E-state index is -2.98. The Kier molecular flexibility index (Phi) is 3.93. The summed E-state index contributed by atoms with van der Waals surface area (Å²) in [4.78, 5) is 12.7. The summed E-state index contributed by atoms with van der Waals surface area (Å²) >= 11 is 0. The van der Waals surface area contributed by atoms with E-state index in [1.165, 1.54) is 0 Å². The summed E-state index contributed by atoms with van der Waals surface area (Å²) in [5, 5.41) is 8.94. The third-order valence-electron chi connectivity index (χ3n) is 3.87. The van der Waals surface area contributed by atoms with Crippen LogP contribution in [0, 0.1) is 0 Å². The highest BCUT2D eigenvalue weighted by Crippen LogP contribution is 2.31. The Balaban J connectivity index is 2.00. The van der Waals surface area contributed by atoms with Gasteiger partial charge < -0.3 is 9.84 Å². The minimum Gasteiger partial charge on any atom is -0.480 e. The number of methoxy groups -OCH3 is 1. The molecule has 104 valence electrons. The lowest BCUT2D eigenvalue weighted by Gasteiger charge is -2.44. The number of aliphatic carboxylic acids is 1. The lowest BCUT2D eigenvalue weighted by molar-refractivity contribution is -0.141. The molecule has 0 aromatic carbocycles. The summed E-state index contributed by atoms with van der Waals surface area (Å²) in [5.41, 5.74) is 0. The second-order valence-corrected chi connectivity index (χ2v) is 7.33. The van der Waals surface area contributed by atoms with Crippen LogP contribution in [0.15, 0.2) is 0 Å². The molecule has 2 rings (SSSR count). The van der Waals surface area contributed by atoms with E-state index in [0.717, 1.165) is 12.8 Å². The number of carbonyl (C=O) groups is 1. The number of sulfone groups is 1. The van der Waals surface area contributed by atoms with Crippen LogP contribution in [0.4, 0.5) is 0 Å². The SMILES string of the molecule is COC1CC(N(CC(=O)O)C2CCS(=O)(=O)C2)C1. The predicted octanol–water partition coefficient (Wildman–Crippen LogP) is -0.262. The summed E-state index contributed by atoms with van der Waals surface area (Å²) in [6, 6.07) is -0.00161. The maximum atomic E-state index is 11.5. The Hall–Kier alpha value is -0.660. The monoisotopic (exact) mass is 277 g/mol. The van der Waals surface area contributed by atoms with E-state index in [-0.39, 0.29) is 36.2 Å². The van der Waals surface area contributed by atoms with Crippen LogP contribution in [0.25, 0.3) is 0 Å². The molecule has 2 aliphatic rings. The standard InChI is InChI=1S/C11H19NO5S/c1-17-10-4-9(5-10)12(6-11(13)14)8-2-3-18(15,16)7-8/h8-10H,2-7H2,1H3,(H,13,14). The molecule has 1 atom stereocenters. The molecule has 1 aliphatic heterocycles. The molecule has 1 unspecified atom stereocenters. The quantitative estimate of drug-likeness (QED) is 0.745. The Morgan fingerprint density at radius 1 is 1.39 bits per heavy atom. The summed E-state index contributed by atoms with van der Waals surface area (Å²) in [6.45, 7) is -0.0821. The van der Waals surface area contributed by atoms with E-state index in [2.05, 4.69) is 0 Å². The summed E-state index contributed by atoms with van der Waals surface area (Å²) in [5.74, 6) is -0.636. The number of nitrogens with zero attached hydrogens (tertiary/aromatic N) is 1. The van der Waals surface area contributed by atoms with Gasteiger partial charge >= 0.3 is 5.97 Å². The van der Waals surface area contributed by atoms with Crippen molar-refractivity contribution >= 4 is 15.8 Å². The number of hydrogen-bond donors (Lipinski definition) is 1. The van der Waals surface area contributed by atoms with Crippen molar-refractivity contribution in [2.24, 2.45) is 0 Å². The maximum Gasteiger partial charge on any atom is 0.317 e. The molecule has 18 heavy (non-hydrogen) atoms. The van der Waals surface area contributed by atoms with Gasteiger partial charge in [0.15, 0.2) is 9.84 Å². The van der Waals surface area contributed by atoms with Gasteiger partial charge in [0, 0.05) is 19.2 Å². The van der Waals surface area contributed by atoms with Crippen LogP contribution in [0.1, 0.15) is 19.3 Å². The number of carboxylic acid groups (broad SMARTS) is 1. The molecule has 7 heteroatoms. The molecule has 6 nitrogen and oxygen atoms in total. The normalized spacial score (nSPS) is 34.4. The van der Waals surface area contributed by atoms with Gasteiger partial charge in [-0.2, -0.15) is 0 Å². The van der Waals surface area contributed by atoms with Gasteiger partial charge in [-0.1, -0.05) is 0 Å². The van der Waals surface area contributed by atoms with Crippen LogP contribution in [0.2, 0.25) is 0 Å². The minimum absolute atomic E-state index is 0.0821. The first-order valence-corrected chi connectivity index (χ1v) is 7.94. The van der Waals surface area contributed by atoms with Gasteiger partial charge in [0.2, 0.25) is 0 Å². The first-order valence-electron chi connectivity index (χ1n) is 6.12. The predicted molar refractivity (Wildman–Crippen MR) is 65.2 cm³/mol. The van der Waals surface area contributed by atoms with E-state index in [1.807, 2.05) is 4.90 Å². The molecule has 1 N–H and O–H groups in total. The molecule has 1 aliphatic carbocycles. The first kappa shape index (κ1) is 13.8. The molecular formula is C11H19NO5S. The Morgan fingerprint density at radius 2 is 2.06 bits per heavy atom. The van der Waals surface area contributed by atoms with E-state index < -0.39 is 15.8 Å². The van der Waals surface area contributed by atoms with Crippen molar-refractivity contribution in [2.45, 2.75) is 37.5 Å². The van der Waals surface area contributed by atoms with Crippen molar-refractivity contribution in [2.75, 3.05) is 25.2 Å². The second kappa shape index (κ2) is 5.14. The summed E-state index contributed by atoms with van der Waals surface area (Å²) in [7, 11) is -1.34. The average Bonchev–Trinajstić information content (AvgIpc) is 2.55. The molecule has 0 aromatic rings. The van der Waals surface area contributed by atoms with Gasteiger partial charge in [0.05, 0.1) is 24.2 Å². The zero-order valence-electron chi connectivity index (χ0n) is 10.4. The van der Waals surface area contributed by atoms with E-state index in [4.69, 9.17) is 9.84 Å². The maximum absolute atomic E-state index is 11.5. The van der Waals surface area contributed by atoms with Gasteiger partial charge in [-0.05, 0) is 19.3 Å². The molecule has 0 amide bonds. The van der Waals surface area contributed by atoms with E-state index in [0.29, 0.717) is 6.42 Å². The lowest BCUT2D eigenvalue weighted by Crippen LogP contribution is -2.54. The molecule has 0 aromatic heterocycles. The third-order valence-corrected chi connectivity index (χ3v) is 5.62. The van der Waals surface area contributed by atoms with Gasteiger partial charge in [0.1, 0.15) is 0 Å². The number of hydrogen-bond acceptors (Lipinski definition) is 5. The summed E-state index contributed by atoms with van der Waals surface area (Å²) in [6.07, 6.45) is 2.31. The topological polar surface area (TPSA) is 83.9 Å². The molecule has 0 spiro atoms. The van der Waals surface area contributed by atoms with Crippen LogP contribution in [0.5, 0.6) is 0 Å². The zero-order valence-corrected chi connectivity index (χ0v) is 11.2. The van der Waals surface area contributed by atoms with Crippen LogP contribution in [0.3, 0.4) is 0 Å². The van der Waals surface area contributed by atoms with Crippen LogP contribution < -0.4 is 0 Å². The second-order valence-electron chi connectivity index (χ2n) is 5.11. The lowest BCUT2D eigenvalue weighted by atomic mass is 9.86. The van der Waals surface area contributed by atoms with Crippen molar-refractivity contribution < 1.29 is 23.1 Å². The van der Waals surface area contributed by atoms with Crippen molar-refractivity contribution in [3.05, 3.63) is 0 Å². The van der Waals surface area contributed by atoms with E-state index in [1.54, 1.807) is 7.11 Å². The number of carboxylic acids is 1. The van der Waals surface area contributed by atoms with Crippen molar-refractivity contribution in [3.8, 4) is 0 Å². The molecule has 1 saturated carbocycles. The number of ether oxygens (including phenoxy) is 1. The van der Waals surface area contributed by atoms with E-state index in [9.17, 15) is 13.2 Å². The third kappa shape index (κ3) is 3.02. The fourth-order valence-corrected chi connectivity index (χ4v) is 4.49. The van der Waals surface area contributed by atoms with Crippen LogP contribution in [-0.4, -0.2) is 67.7 Å². The number of rotatable bonds is 5. The van der Waals surface area contributed by atoms with Gasteiger partial charge in [-0.15, -0.1) is 0 Å². The first-order chi connectivity index (χ1) is 8.41. The molecule has 1 saturated heterocycles.